The molecule has 0 aromatic heterocycles. The molecule has 0 aliphatic carbocycles. The number of nitrogens with one attached hydrogen (secondary N) is 1. The Labute approximate surface area is 206 Å². The molecule has 2 heterocycles. The fraction of sp³-hybridized carbons (Fsp3) is 0.640. The molecule has 34 heavy (non-hydrogen) atoms. The van der Waals surface area contributed by atoms with E-state index in [0.717, 1.165) is 68.4 Å². The van der Waals surface area contributed by atoms with Crippen LogP contribution in [0.5, 0.6) is 0 Å². The van der Waals surface area contributed by atoms with Crippen molar-refractivity contribution in [3.8, 4) is 0 Å². The second kappa shape index (κ2) is 14.5. The molecule has 0 bridgehead atoms. The summed E-state index contributed by atoms with van der Waals surface area (Å²) >= 11 is 1.68. The Bertz CT molecular complexity index is 816. The van der Waals surface area contributed by atoms with E-state index in [2.05, 4.69) is 10.2 Å². The van der Waals surface area contributed by atoms with E-state index >= 15 is 0 Å². The molecule has 0 radical (unpaired) electrons. The predicted octanol–water partition coefficient (Wildman–Crippen LogP) is 2.35. The summed E-state index contributed by atoms with van der Waals surface area (Å²) in [5.74, 6) is 0.538. The second-order valence-corrected chi connectivity index (χ2v) is 9.74. The molecule has 8 nitrogen and oxygen atoms in total. The quantitative estimate of drug-likeness (QED) is 0.229. The van der Waals surface area contributed by atoms with Crippen molar-refractivity contribution < 1.29 is 23.9 Å². The number of fused-ring (bicyclic) bond motifs is 1. The van der Waals surface area contributed by atoms with Gasteiger partial charge in [0.25, 0.3) is 5.91 Å². The lowest BCUT2D eigenvalue weighted by Gasteiger charge is -2.26. The van der Waals surface area contributed by atoms with Gasteiger partial charge in [0, 0.05) is 55.9 Å². The first-order valence-corrected chi connectivity index (χ1v) is 13.2. The van der Waals surface area contributed by atoms with Crippen LogP contribution in [0.1, 0.15) is 48.0 Å². The largest absolute Gasteiger partial charge is 0.381 e. The zero-order chi connectivity index (χ0) is 24.2. The highest BCUT2D eigenvalue weighted by Crippen LogP contribution is 2.33. The Hall–Kier alpha value is -1.94. The maximum absolute atomic E-state index is 12.9. The summed E-state index contributed by atoms with van der Waals surface area (Å²) in [7, 11) is 1.56. The van der Waals surface area contributed by atoms with Crippen LogP contribution in [0.4, 0.5) is 0 Å². The number of morpholine rings is 1. The summed E-state index contributed by atoms with van der Waals surface area (Å²) in [5.41, 5.74) is 1.62. The highest BCUT2D eigenvalue weighted by molar-refractivity contribution is 7.99. The molecule has 2 amide bonds. The van der Waals surface area contributed by atoms with Gasteiger partial charge < -0.3 is 24.5 Å². The molecule has 1 atom stereocenters. The van der Waals surface area contributed by atoms with Crippen molar-refractivity contribution in [1.29, 1.82) is 0 Å². The number of aldehydes is 1. The van der Waals surface area contributed by atoms with Crippen LogP contribution in [0, 0.1) is 0 Å². The highest BCUT2D eigenvalue weighted by Gasteiger charge is 2.34. The number of hydrogen-bond acceptors (Lipinski definition) is 7. The molecule has 188 valence electrons. The fourth-order valence-electron chi connectivity index (χ4n) is 4.28. The van der Waals surface area contributed by atoms with Gasteiger partial charge in [-0.1, -0.05) is 6.07 Å². The van der Waals surface area contributed by atoms with Gasteiger partial charge in [-0.25, -0.2) is 0 Å². The summed E-state index contributed by atoms with van der Waals surface area (Å²) < 4.78 is 11.2. The smallest absolute Gasteiger partial charge is 0.255 e. The van der Waals surface area contributed by atoms with Crippen molar-refractivity contribution in [3.05, 3.63) is 29.3 Å². The van der Waals surface area contributed by atoms with Gasteiger partial charge in [0.1, 0.15) is 6.29 Å². The van der Waals surface area contributed by atoms with Crippen LogP contribution in [0.25, 0.3) is 0 Å². The van der Waals surface area contributed by atoms with Gasteiger partial charge in [-0.05, 0) is 49.9 Å². The SMILES string of the molecule is CNC(=O)CCC(C=O)N1Cc2c(SCCOCCCCCN3CCOCC3)cccc2C1=O. The number of nitrogens with zero attached hydrogens (tertiary/aromatic N) is 2. The van der Waals surface area contributed by atoms with Crippen molar-refractivity contribution in [3.63, 3.8) is 0 Å². The van der Waals surface area contributed by atoms with Crippen molar-refractivity contribution in [1.82, 2.24) is 15.1 Å². The van der Waals surface area contributed by atoms with E-state index in [-0.39, 0.29) is 18.2 Å². The van der Waals surface area contributed by atoms with Gasteiger partial charge in [-0.3, -0.25) is 14.5 Å². The molecule has 0 spiro atoms. The van der Waals surface area contributed by atoms with Gasteiger partial charge in [0.05, 0.1) is 25.9 Å². The number of rotatable bonds is 15. The second-order valence-electron chi connectivity index (χ2n) is 8.61. The summed E-state index contributed by atoms with van der Waals surface area (Å²) in [6.07, 6.45) is 4.75. The third kappa shape index (κ3) is 7.80. The molecule has 1 unspecified atom stereocenters. The normalized spacial score (nSPS) is 17.0. The fourth-order valence-corrected chi connectivity index (χ4v) is 5.23. The summed E-state index contributed by atoms with van der Waals surface area (Å²) in [5, 5.41) is 2.55. The molecule has 0 saturated carbocycles. The molecule has 1 aromatic rings. The van der Waals surface area contributed by atoms with Crippen molar-refractivity contribution in [2.24, 2.45) is 0 Å². The van der Waals surface area contributed by atoms with Crippen LogP contribution >= 0.6 is 11.8 Å². The van der Waals surface area contributed by atoms with E-state index in [1.807, 2.05) is 18.2 Å². The van der Waals surface area contributed by atoms with Crippen LogP contribution in [0.3, 0.4) is 0 Å². The molecule has 1 fully saturated rings. The molecule has 1 aromatic carbocycles. The Morgan fingerprint density at radius 3 is 2.82 bits per heavy atom. The van der Waals surface area contributed by atoms with E-state index in [1.54, 1.807) is 23.7 Å². The Morgan fingerprint density at radius 2 is 2.06 bits per heavy atom. The molecular formula is C25H37N3O5S. The lowest BCUT2D eigenvalue weighted by Crippen LogP contribution is -2.37. The lowest BCUT2D eigenvalue weighted by atomic mass is 10.1. The number of benzene rings is 1. The third-order valence-corrected chi connectivity index (χ3v) is 7.37. The first kappa shape index (κ1) is 26.7. The third-order valence-electron chi connectivity index (χ3n) is 6.31. The van der Waals surface area contributed by atoms with Crippen molar-refractivity contribution >= 4 is 29.9 Å². The number of carbonyl (C=O) groups is 3. The minimum Gasteiger partial charge on any atom is -0.381 e. The van der Waals surface area contributed by atoms with E-state index in [1.165, 1.54) is 12.8 Å². The minimum absolute atomic E-state index is 0.135. The molecule has 2 aliphatic heterocycles. The standard InChI is InChI=1S/C25H37N3O5S/c1-26-24(30)9-8-20(19-29)28-18-22-21(25(28)31)6-5-7-23(22)34-17-16-32-13-4-2-3-10-27-11-14-33-15-12-27/h5-7,19-20H,2-4,8-18H2,1H3,(H,26,30). The first-order valence-electron chi connectivity index (χ1n) is 12.2. The number of amides is 2. The Morgan fingerprint density at radius 1 is 1.24 bits per heavy atom. The zero-order valence-corrected chi connectivity index (χ0v) is 20.9. The average Bonchev–Trinajstić information content (AvgIpc) is 3.21. The predicted molar refractivity (Wildman–Crippen MR) is 132 cm³/mol. The van der Waals surface area contributed by atoms with Crippen LogP contribution in [-0.4, -0.2) is 92.8 Å². The number of thioether (sulfide) groups is 1. The molecule has 9 heteroatoms. The summed E-state index contributed by atoms with van der Waals surface area (Å²) in [6, 6.07) is 5.13. The number of ether oxygens (including phenoxy) is 2. The Kier molecular flexibility index (Phi) is 11.3. The number of carbonyl (C=O) groups excluding carboxylic acids is 3. The molecule has 1 saturated heterocycles. The van der Waals surface area contributed by atoms with Crippen molar-refractivity contribution in [2.45, 2.75) is 49.6 Å². The summed E-state index contributed by atoms with van der Waals surface area (Å²) in [6.45, 7) is 6.79. The van der Waals surface area contributed by atoms with Gasteiger partial charge in [-0.2, -0.15) is 0 Å². The van der Waals surface area contributed by atoms with Crippen LogP contribution in [-0.2, 0) is 25.6 Å². The van der Waals surface area contributed by atoms with Gasteiger partial charge in [0.15, 0.2) is 0 Å². The number of hydrogen-bond donors (Lipinski definition) is 1. The molecule has 2 aliphatic rings. The van der Waals surface area contributed by atoms with E-state index in [4.69, 9.17) is 9.47 Å². The number of unbranched alkanes of at least 4 members (excludes halogenated alkanes) is 2. The van der Waals surface area contributed by atoms with E-state index in [0.29, 0.717) is 25.1 Å². The van der Waals surface area contributed by atoms with E-state index < -0.39 is 6.04 Å². The Balaban J connectivity index is 1.36. The molecule has 1 N–H and O–H groups in total. The minimum atomic E-state index is -0.596. The topological polar surface area (TPSA) is 88.2 Å². The lowest BCUT2D eigenvalue weighted by molar-refractivity contribution is -0.121. The highest BCUT2D eigenvalue weighted by atomic mass is 32.2. The molecular weight excluding hydrogens is 454 g/mol. The van der Waals surface area contributed by atoms with Crippen molar-refractivity contribution in [2.75, 3.05) is 58.9 Å². The maximum atomic E-state index is 12.9. The van der Waals surface area contributed by atoms with Crippen LogP contribution in [0.2, 0.25) is 0 Å². The summed E-state index contributed by atoms with van der Waals surface area (Å²) in [4.78, 5) is 41.2. The monoisotopic (exact) mass is 491 g/mol. The van der Waals surface area contributed by atoms with Gasteiger partial charge >= 0.3 is 0 Å². The first-order chi connectivity index (χ1) is 16.6. The maximum Gasteiger partial charge on any atom is 0.255 e. The molecule has 3 rings (SSSR count). The van der Waals surface area contributed by atoms with Gasteiger partial charge in [0.2, 0.25) is 5.91 Å². The van der Waals surface area contributed by atoms with E-state index in [9.17, 15) is 14.4 Å². The average molecular weight is 492 g/mol. The van der Waals surface area contributed by atoms with Crippen LogP contribution in [0.15, 0.2) is 23.1 Å². The zero-order valence-electron chi connectivity index (χ0n) is 20.1. The van der Waals surface area contributed by atoms with Crippen LogP contribution < -0.4 is 5.32 Å². The van der Waals surface area contributed by atoms with Gasteiger partial charge in [-0.15, -0.1) is 11.8 Å².